The van der Waals surface area contributed by atoms with Crippen LogP contribution in [0.2, 0.25) is 0 Å². The van der Waals surface area contributed by atoms with Gasteiger partial charge in [-0.2, -0.15) is 0 Å². The molecule has 0 spiro atoms. The van der Waals surface area contributed by atoms with Gasteiger partial charge in [0.1, 0.15) is 16.9 Å². The van der Waals surface area contributed by atoms with Gasteiger partial charge in [0.25, 0.3) is 0 Å². The van der Waals surface area contributed by atoms with Crippen molar-refractivity contribution in [1.29, 1.82) is 0 Å². The highest BCUT2D eigenvalue weighted by Crippen LogP contribution is 2.39. The summed E-state index contributed by atoms with van der Waals surface area (Å²) in [7, 11) is 1.39. The van der Waals surface area contributed by atoms with E-state index in [1.807, 2.05) is 35.8 Å². The number of hydrogen-bond acceptors (Lipinski definition) is 7. The van der Waals surface area contributed by atoms with Crippen LogP contribution in [0, 0.1) is 20.8 Å². The quantitative estimate of drug-likeness (QED) is 0.335. The highest BCUT2D eigenvalue weighted by Gasteiger charge is 2.32. The maximum Gasteiger partial charge on any atom is 0.308 e. The van der Waals surface area contributed by atoms with Gasteiger partial charge in [-0.3, -0.25) is 14.4 Å². The summed E-state index contributed by atoms with van der Waals surface area (Å²) in [4.78, 5) is 18.6. The van der Waals surface area contributed by atoms with Gasteiger partial charge >= 0.3 is 5.97 Å². The Labute approximate surface area is 201 Å². The number of hydrogen-bond donors (Lipinski definition) is 1. The number of carbonyl (C=O) groups excluding carboxylic acids is 1. The molecule has 4 aromatic rings. The minimum Gasteiger partial charge on any atom is -0.469 e. The number of aryl methyl sites for hydroxylation is 2. The third kappa shape index (κ3) is 3.70. The predicted octanol–water partition coefficient (Wildman–Crippen LogP) is 4.96. The van der Waals surface area contributed by atoms with E-state index in [1.54, 1.807) is 11.3 Å². The Hall–Kier alpha value is -3.78. The number of benzene rings is 2. The van der Waals surface area contributed by atoms with Crippen LogP contribution in [-0.4, -0.2) is 33.6 Å². The van der Waals surface area contributed by atoms with Crippen LogP contribution in [0.5, 0.6) is 0 Å². The number of fused-ring (bicyclic) bond motifs is 3. The van der Waals surface area contributed by atoms with Gasteiger partial charge in [-0.15, -0.1) is 21.5 Å². The number of rotatable bonds is 4. The van der Waals surface area contributed by atoms with E-state index >= 15 is 0 Å². The second kappa shape index (κ2) is 8.53. The van der Waals surface area contributed by atoms with E-state index in [1.165, 1.54) is 12.0 Å². The van der Waals surface area contributed by atoms with Crippen LogP contribution in [0.4, 0.5) is 5.69 Å². The highest BCUT2D eigenvalue weighted by atomic mass is 32.1. The number of carbonyl (C=O) groups is 1. The monoisotopic (exact) mass is 471 g/mol. The molecule has 34 heavy (non-hydrogen) atoms. The molecule has 5 rings (SSSR count). The lowest BCUT2D eigenvalue weighted by atomic mass is 9.97. The van der Waals surface area contributed by atoms with Crippen LogP contribution >= 0.6 is 11.3 Å². The molecule has 0 saturated heterocycles. The lowest BCUT2D eigenvalue weighted by Gasteiger charge is -2.12. The fourth-order valence-electron chi connectivity index (χ4n) is 4.30. The first-order chi connectivity index (χ1) is 16.4. The SMILES string of the molecule is COC(=O)C[C@@H]1N=C(c2ccc(-c3cccc(N)c3)cc2)c2c(sc(C)c2C)-n2c(C)nnc21. The topological polar surface area (TPSA) is 95.4 Å². The Kier molecular flexibility index (Phi) is 5.53. The van der Waals surface area contributed by atoms with E-state index < -0.39 is 6.04 Å². The molecule has 2 aromatic heterocycles. The van der Waals surface area contributed by atoms with Gasteiger partial charge in [-0.05, 0) is 49.6 Å². The molecule has 3 heterocycles. The van der Waals surface area contributed by atoms with Crippen molar-refractivity contribution in [2.45, 2.75) is 33.2 Å². The number of nitrogens with two attached hydrogens (primary N) is 1. The van der Waals surface area contributed by atoms with Crippen molar-refractivity contribution in [3.8, 4) is 16.1 Å². The molecule has 7 nitrogen and oxygen atoms in total. The van der Waals surface area contributed by atoms with Crippen LogP contribution < -0.4 is 5.73 Å². The van der Waals surface area contributed by atoms with Crippen molar-refractivity contribution in [1.82, 2.24) is 14.8 Å². The largest absolute Gasteiger partial charge is 0.469 e. The van der Waals surface area contributed by atoms with Crippen molar-refractivity contribution < 1.29 is 9.53 Å². The van der Waals surface area contributed by atoms with Crippen LogP contribution in [0.1, 0.15) is 45.7 Å². The molecule has 0 bridgehead atoms. The average molecular weight is 472 g/mol. The molecule has 1 aliphatic heterocycles. The van der Waals surface area contributed by atoms with E-state index in [0.29, 0.717) is 5.82 Å². The molecule has 0 aliphatic carbocycles. The number of nitrogen functional groups attached to an aromatic ring is 1. The van der Waals surface area contributed by atoms with Crippen LogP contribution in [0.3, 0.4) is 0 Å². The smallest absolute Gasteiger partial charge is 0.308 e. The molecule has 0 unspecified atom stereocenters. The standard InChI is InChI=1S/C26H25N5O2S/c1-14-15(2)34-26-23(14)24(18-10-8-17(9-11-18)19-6-5-7-20(27)12-19)28-21(13-22(32)33-4)25-30-29-16(3)31(25)26/h5-12,21H,13,27H2,1-4H3/t21-/m0/s1. The lowest BCUT2D eigenvalue weighted by molar-refractivity contribution is -0.141. The summed E-state index contributed by atoms with van der Waals surface area (Å²) in [6, 6.07) is 15.6. The van der Waals surface area contributed by atoms with E-state index in [4.69, 9.17) is 15.5 Å². The fourth-order valence-corrected chi connectivity index (χ4v) is 5.52. The second-order valence-electron chi connectivity index (χ2n) is 8.38. The summed E-state index contributed by atoms with van der Waals surface area (Å²) in [5.41, 5.74) is 12.9. The molecule has 0 amide bonds. The number of methoxy groups -OCH3 is 1. The lowest BCUT2D eigenvalue weighted by Crippen LogP contribution is -2.12. The van der Waals surface area contributed by atoms with E-state index in [0.717, 1.165) is 50.0 Å². The zero-order chi connectivity index (χ0) is 24.0. The highest BCUT2D eigenvalue weighted by molar-refractivity contribution is 7.15. The Balaban J connectivity index is 1.68. The summed E-state index contributed by atoms with van der Waals surface area (Å²) >= 11 is 1.69. The molecular formula is C26H25N5O2S. The molecule has 1 aliphatic rings. The molecule has 2 N–H and O–H groups in total. The van der Waals surface area contributed by atoms with Crippen LogP contribution in [0.15, 0.2) is 53.5 Å². The van der Waals surface area contributed by atoms with Gasteiger partial charge in [0.05, 0.1) is 19.2 Å². The number of aliphatic imine (C=N–C) groups is 1. The van der Waals surface area contributed by atoms with Gasteiger partial charge in [-0.1, -0.05) is 36.4 Å². The Morgan fingerprint density at radius 3 is 2.50 bits per heavy atom. The third-order valence-corrected chi connectivity index (χ3v) is 7.40. The van der Waals surface area contributed by atoms with Gasteiger partial charge in [0.15, 0.2) is 5.82 Å². The number of esters is 1. The number of thiophene rings is 1. The average Bonchev–Trinajstić information content (AvgIpc) is 3.31. The summed E-state index contributed by atoms with van der Waals surface area (Å²) < 4.78 is 6.99. The minimum atomic E-state index is -0.503. The molecule has 172 valence electrons. The van der Waals surface area contributed by atoms with Gasteiger partial charge in [0, 0.05) is 21.7 Å². The number of nitrogens with zero attached hydrogens (tertiary/aromatic N) is 4. The molecule has 0 radical (unpaired) electrons. The van der Waals surface area contributed by atoms with Crippen LogP contribution in [-0.2, 0) is 9.53 Å². The van der Waals surface area contributed by atoms with E-state index in [-0.39, 0.29) is 12.4 Å². The summed E-state index contributed by atoms with van der Waals surface area (Å²) in [6.07, 6.45) is 0.0898. The van der Waals surface area contributed by atoms with Crippen molar-refractivity contribution in [2.24, 2.45) is 4.99 Å². The van der Waals surface area contributed by atoms with Gasteiger partial charge < -0.3 is 10.5 Å². The maximum atomic E-state index is 12.3. The zero-order valence-corrected chi connectivity index (χ0v) is 20.3. The van der Waals surface area contributed by atoms with Gasteiger partial charge in [0.2, 0.25) is 0 Å². The molecule has 0 fully saturated rings. The Bertz CT molecular complexity index is 1430. The number of ether oxygens (including phenoxy) is 1. The molecule has 2 aromatic carbocycles. The minimum absolute atomic E-state index is 0.0898. The van der Waals surface area contributed by atoms with Crippen molar-refractivity contribution >= 4 is 28.7 Å². The van der Waals surface area contributed by atoms with Crippen molar-refractivity contribution in [3.05, 3.63) is 81.7 Å². The first kappa shape index (κ1) is 22.0. The summed E-state index contributed by atoms with van der Waals surface area (Å²) in [5, 5.41) is 9.73. The third-order valence-electron chi connectivity index (χ3n) is 6.21. The maximum absolute atomic E-state index is 12.3. The van der Waals surface area contributed by atoms with Gasteiger partial charge in [-0.25, -0.2) is 0 Å². The van der Waals surface area contributed by atoms with Crippen LogP contribution in [0.25, 0.3) is 16.1 Å². The molecular weight excluding hydrogens is 446 g/mol. The molecule has 0 saturated carbocycles. The van der Waals surface area contributed by atoms with E-state index in [9.17, 15) is 4.79 Å². The van der Waals surface area contributed by atoms with E-state index in [2.05, 4.69) is 48.3 Å². The summed E-state index contributed by atoms with van der Waals surface area (Å²) in [5.74, 6) is 1.08. The first-order valence-corrected chi connectivity index (χ1v) is 11.8. The fraction of sp³-hybridized carbons (Fsp3) is 0.231. The first-order valence-electron chi connectivity index (χ1n) is 11.0. The van der Waals surface area contributed by atoms with Crippen molar-refractivity contribution in [3.63, 3.8) is 0 Å². The molecule has 1 atom stereocenters. The predicted molar refractivity (Wildman–Crippen MR) is 135 cm³/mol. The number of anilines is 1. The van der Waals surface area contributed by atoms with Crippen molar-refractivity contribution in [2.75, 3.05) is 12.8 Å². The molecule has 8 heteroatoms. The Morgan fingerprint density at radius 1 is 1.06 bits per heavy atom. The Morgan fingerprint density at radius 2 is 1.79 bits per heavy atom. The second-order valence-corrected chi connectivity index (χ2v) is 9.58. The summed E-state index contributed by atoms with van der Waals surface area (Å²) in [6.45, 7) is 6.15. The normalized spacial score (nSPS) is 14.7. The number of aromatic nitrogens is 3. The zero-order valence-electron chi connectivity index (χ0n) is 19.5.